The van der Waals surface area contributed by atoms with Gasteiger partial charge in [-0.05, 0) is 121 Å². The fourth-order valence-electron chi connectivity index (χ4n) is 11.4. The lowest BCUT2D eigenvalue weighted by atomic mass is 9.33. The molecule has 2 nitrogen and oxygen atoms in total. The van der Waals surface area contributed by atoms with Crippen LogP contribution in [0.25, 0.3) is 0 Å². The molecule has 5 rings (SSSR count). The molecular weight excluding hydrogens is 414 g/mol. The molecule has 0 saturated heterocycles. The van der Waals surface area contributed by atoms with Crippen molar-refractivity contribution in [2.24, 2.45) is 61.9 Å². The number of hydrogen-bond acceptors (Lipinski definition) is 2. The van der Waals surface area contributed by atoms with E-state index in [2.05, 4.69) is 54.5 Å². The van der Waals surface area contributed by atoms with Gasteiger partial charge in [-0.1, -0.05) is 60.1 Å². The van der Waals surface area contributed by atoms with E-state index in [0.29, 0.717) is 44.3 Å². The highest BCUT2D eigenvalue weighted by molar-refractivity contribution is 5.33. The third-order valence-electron chi connectivity index (χ3n) is 13.8. The first-order valence-electron chi connectivity index (χ1n) is 14.7. The van der Waals surface area contributed by atoms with Gasteiger partial charge in [-0.2, -0.15) is 0 Å². The SMILES string of the molecule is COC[C@]12CCC(C)(C)CC1C1=CCC3[C@@]4(C)CC[C@H](CN)C(C)(C)C4CC[C@@]3(C)[C@]1(C)CC2. The van der Waals surface area contributed by atoms with E-state index < -0.39 is 0 Å². The fourth-order valence-corrected chi connectivity index (χ4v) is 11.4. The molecule has 0 aromatic carbocycles. The second kappa shape index (κ2) is 7.83. The normalized spacial score (nSPS) is 51.4. The summed E-state index contributed by atoms with van der Waals surface area (Å²) in [5.74, 6) is 3.01. The Morgan fingerprint density at radius 2 is 1.59 bits per heavy atom. The zero-order valence-corrected chi connectivity index (χ0v) is 23.9. The third kappa shape index (κ3) is 3.19. The Kier molecular flexibility index (Phi) is 5.83. The molecule has 8 atom stereocenters. The molecule has 4 fully saturated rings. The molecule has 3 unspecified atom stereocenters. The first-order valence-corrected chi connectivity index (χ1v) is 14.7. The van der Waals surface area contributed by atoms with Crippen LogP contribution in [0.1, 0.15) is 113 Å². The van der Waals surface area contributed by atoms with Crippen molar-refractivity contribution in [3.05, 3.63) is 11.6 Å². The van der Waals surface area contributed by atoms with Gasteiger partial charge in [0.25, 0.3) is 0 Å². The molecule has 5 aliphatic rings. The van der Waals surface area contributed by atoms with Crippen LogP contribution >= 0.6 is 0 Å². The predicted octanol–water partition coefficient (Wildman–Crippen LogP) is 8.01. The van der Waals surface area contributed by atoms with E-state index in [4.69, 9.17) is 10.5 Å². The van der Waals surface area contributed by atoms with Crippen molar-refractivity contribution in [3.63, 3.8) is 0 Å². The van der Waals surface area contributed by atoms with Crippen LogP contribution in [0.2, 0.25) is 0 Å². The number of nitrogens with two attached hydrogens (primary N) is 1. The molecular formula is C32H55NO. The van der Waals surface area contributed by atoms with Crippen LogP contribution in [0.15, 0.2) is 11.6 Å². The highest BCUT2D eigenvalue weighted by Crippen LogP contribution is 2.76. The van der Waals surface area contributed by atoms with E-state index in [1.165, 1.54) is 64.2 Å². The molecule has 2 N–H and O–H groups in total. The summed E-state index contributed by atoms with van der Waals surface area (Å²) >= 11 is 0. The van der Waals surface area contributed by atoms with Crippen LogP contribution in [0, 0.1) is 56.2 Å². The van der Waals surface area contributed by atoms with E-state index in [1.807, 2.05) is 12.7 Å². The largest absolute Gasteiger partial charge is 0.384 e. The molecule has 0 aliphatic heterocycles. The van der Waals surface area contributed by atoms with Crippen LogP contribution in [-0.2, 0) is 4.74 Å². The Morgan fingerprint density at radius 3 is 2.26 bits per heavy atom. The lowest BCUT2D eigenvalue weighted by molar-refractivity contribution is -0.193. The predicted molar refractivity (Wildman–Crippen MR) is 143 cm³/mol. The Bertz CT molecular complexity index is 842. The second-order valence-corrected chi connectivity index (χ2v) is 15.8. The Balaban J connectivity index is 1.56. The van der Waals surface area contributed by atoms with Crippen molar-refractivity contribution in [2.45, 2.75) is 113 Å². The molecule has 0 bridgehead atoms. The van der Waals surface area contributed by atoms with Crippen LogP contribution in [0.4, 0.5) is 0 Å². The second-order valence-electron chi connectivity index (χ2n) is 15.8. The summed E-state index contributed by atoms with van der Waals surface area (Å²) in [5, 5.41) is 0. The molecule has 0 spiro atoms. The maximum atomic E-state index is 6.31. The van der Waals surface area contributed by atoms with Crippen LogP contribution < -0.4 is 5.73 Å². The smallest absolute Gasteiger partial charge is 0.0524 e. The highest BCUT2D eigenvalue weighted by Gasteiger charge is 2.68. The molecule has 2 heteroatoms. The first-order chi connectivity index (χ1) is 15.8. The fraction of sp³-hybridized carbons (Fsp3) is 0.938. The molecule has 4 saturated carbocycles. The van der Waals surface area contributed by atoms with Gasteiger partial charge in [0.2, 0.25) is 0 Å². The summed E-state index contributed by atoms with van der Waals surface area (Å²) in [6.07, 6.45) is 16.4. The monoisotopic (exact) mass is 469 g/mol. The van der Waals surface area contributed by atoms with E-state index in [0.717, 1.165) is 25.0 Å². The van der Waals surface area contributed by atoms with Gasteiger partial charge in [0.15, 0.2) is 0 Å². The molecule has 5 aliphatic carbocycles. The van der Waals surface area contributed by atoms with Crippen LogP contribution in [0.3, 0.4) is 0 Å². The number of allylic oxidation sites excluding steroid dienone is 2. The number of fused-ring (bicyclic) bond motifs is 7. The maximum Gasteiger partial charge on any atom is 0.0524 e. The van der Waals surface area contributed by atoms with Crippen molar-refractivity contribution in [1.29, 1.82) is 0 Å². The molecule has 0 aromatic heterocycles. The molecule has 0 aromatic rings. The Labute approximate surface area is 211 Å². The van der Waals surface area contributed by atoms with Crippen molar-refractivity contribution in [3.8, 4) is 0 Å². The van der Waals surface area contributed by atoms with Crippen molar-refractivity contribution in [2.75, 3.05) is 20.3 Å². The zero-order chi connectivity index (χ0) is 24.8. The minimum atomic E-state index is 0.341. The topological polar surface area (TPSA) is 35.2 Å². The van der Waals surface area contributed by atoms with Crippen LogP contribution in [0.5, 0.6) is 0 Å². The Hall–Kier alpha value is -0.340. The Morgan fingerprint density at radius 1 is 0.882 bits per heavy atom. The summed E-state index contributed by atoms with van der Waals surface area (Å²) in [6.45, 7) is 20.1. The average molecular weight is 470 g/mol. The van der Waals surface area contributed by atoms with Crippen molar-refractivity contribution in [1.82, 2.24) is 0 Å². The minimum Gasteiger partial charge on any atom is -0.384 e. The van der Waals surface area contributed by atoms with Gasteiger partial charge in [-0.3, -0.25) is 0 Å². The summed E-state index contributed by atoms with van der Waals surface area (Å²) in [6, 6.07) is 0. The zero-order valence-electron chi connectivity index (χ0n) is 23.9. The standard InChI is InChI=1S/C32H55NO/c1-27(2)15-17-32(21-34-8)18-16-30(6)23(24(32)19-27)9-10-26-29(5)13-11-22(20-33)28(3,4)25(29)12-14-31(26,30)7/h9,22,24-26H,10-21,33H2,1-8H3/t22-,24?,25?,26?,29+,30-,31-,32-/m1/s1. The number of methoxy groups -OCH3 is 1. The molecule has 0 amide bonds. The van der Waals surface area contributed by atoms with Gasteiger partial charge in [0.05, 0.1) is 6.61 Å². The van der Waals surface area contributed by atoms with Gasteiger partial charge in [0, 0.05) is 12.5 Å². The summed E-state index contributed by atoms with van der Waals surface area (Å²) in [4.78, 5) is 0. The summed E-state index contributed by atoms with van der Waals surface area (Å²) in [5.41, 5.74) is 10.6. The van der Waals surface area contributed by atoms with Crippen LogP contribution in [-0.4, -0.2) is 20.3 Å². The van der Waals surface area contributed by atoms with Gasteiger partial charge in [-0.15, -0.1) is 0 Å². The van der Waals surface area contributed by atoms with Gasteiger partial charge < -0.3 is 10.5 Å². The summed E-state index contributed by atoms with van der Waals surface area (Å²) in [7, 11) is 1.94. The van der Waals surface area contributed by atoms with E-state index >= 15 is 0 Å². The molecule has 194 valence electrons. The number of hydrogen-bond donors (Lipinski definition) is 1. The van der Waals surface area contributed by atoms with Gasteiger partial charge >= 0.3 is 0 Å². The highest BCUT2D eigenvalue weighted by atomic mass is 16.5. The van der Waals surface area contributed by atoms with Crippen molar-refractivity contribution >= 4 is 0 Å². The lowest BCUT2D eigenvalue weighted by Gasteiger charge is -2.71. The lowest BCUT2D eigenvalue weighted by Crippen LogP contribution is -2.64. The summed E-state index contributed by atoms with van der Waals surface area (Å²) < 4.78 is 5.95. The van der Waals surface area contributed by atoms with Gasteiger partial charge in [0.1, 0.15) is 0 Å². The number of rotatable bonds is 3. The third-order valence-corrected chi connectivity index (χ3v) is 13.8. The van der Waals surface area contributed by atoms with Gasteiger partial charge in [-0.25, -0.2) is 0 Å². The minimum absolute atomic E-state index is 0.341. The number of ether oxygens (including phenoxy) is 1. The average Bonchev–Trinajstić information content (AvgIpc) is 2.75. The van der Waals surface area contributed by atoms with E-state index in [-0.39, 0.29) is 0 Å². The molecule has 0 heterocycles. The molecule has 34 heavy (non-hydrogen) atoms. The van der Waals surface area contributed by atoms with E-state index in [9.17, 15) is 0 Å². The van der Waals surface area contributed by atoms with E-state index in [1.54, 1.807) is 0 Å². The first kappa shape index (κ1) is 25.3. The maximum absolute atomic E-state index is 6.31. The quantitative estimate of drug-likeness (QED) is 0.425. The van der Waals surface area contributed by atoms with Crippen molar-refractivity contribution < 1.29 is 4.74 Å². The molecule has 0 radical (unpaired) electrons.